The number of hydrogen-bond donors (Lipinski definition) is 0. The van der Waals surface area contributed by atoms with E-state index in [1.165, 1.54) is 5.56 Å². The Morgan fingerprint density at radius 3 is 1.76 bits per heavy atom. The fourth-order valence-corrected chi connectivity index (χ4v) is 6.06. The van der Waals surface area contributed by atoms with E-state index in [0.717, 1.165) is 55.3 Å². The molecule has 0 aliphatic heterocycles. The van der Waals surface area contributed by atoms with Crippen LogP contribution < -0.4 is 0 Å². The monoisotopic (exact) mass is 589 g/mol. The third-order valence-electron chi connectivity index (χ3n) is 8.37. The molecule has 0 atom stereocenters. The second-order valence-corrected chi connectivity index (χ2v) is 11.3. The zero-order valence-electron chi connectivity index (χ0n) is 25.1. The number of aromatic nitrogens is 4. The Morgan fingerprint density at radius 1 is 0.500 bits per heavy atom. The summed E-state index contributed by atoms with van der Waals surface area (Å²) in [4.78, 5) is 15.0. The standard InChI is InChI=1S/C41H27N5/c1-27-16-19-29(20-17-27)32-21-23-34-33-14-8-9-15-36(33)46(38(34)25-32)37-24-28(26-42)18-22-35(37)41-44-39(30-10-4-2-5-11-30)43-40(45-41)31-12-6-3-7-13-31/h2-25H,1H3. The third-order valence-corrected chi connectivity index (χ3v) is 8.37. The minimum absolute atomic E-state index is 0.535. The Kier molecular flexibility index (Phi) is 6.67. The maximum Gasteiger partial charge on any atom is 0.166 e. The molecule has 0 aliphatic rings. The minimum Gasteiger partial charge on any atom is -0.308 e. The molecule has 5 nitrogen and oxygen atoms in total. The molecule has 46 heavy (non-hydrogen) atoms. The molecule has 2 heterocycles. The molecule has 216 valence electrons. The van der Waals surface area contributed by atoms with Gasteiger partial charge in [0.2, 0.25) is 0 Å². The third kappa shape index (κ3) is 4.79. The molecule has 8 aromatic rings. The fraction of sp³-hybridized carbons (Fsp3) is 0.0244. The van der Waals surface area contributed by atoms with Crippen LogP contribution >= 0.6 is 0 Å². The molecule has 0 amide bonds. The number of aryl methyl sites for hydroxylation is 1. The maximum absolute atomic E-state index is 10.0. The summed E-state index contributed by atoms with van der Waals surface area (Å²) in [7, 11) is 0. The first-order valence-corrected chi connectivity index (χ1v) is 15.2. The van der Waals surface area contributed by atoms with Gasteiger partial charge in [-0.1, -0.05) is 121 Å². The van der Waals surface area contributed by atoms with Gasteiger partial charge in [-0.25, -0.2) is 15.0 Å². The van der Waals surface area contributed by atoms with Crippen molar-refractivity contribution in [1.82, 2.24) is 19.5 Å². The number of fused-ring (bicyclic) bond motifs is 3. The van der Waals surface area contributed by atoms with Crippen LogP contribution in [0.2, 0.25) is 0 Å². The largest absolute Gasteiger partial charge is 0.308 e. The van der Waals surface area contributed by atoms with Crippen molar-refractivity contribution in [2.45, 2.75) is 6.92 Å². The highest BCUT2D eigenvalue weighted by Crippen LogP contribution is 2.38. The Labute approximate surface area is 266 Å². The van der Waals surface area contributed by atoms with E-state index in [1.807, 2.05) is 78.9 Å². The molecule has 0 N–H and O–H groups in total. The number of para-hydroxylation sites is 1. The Balaban J connectivity index is 1.43. The van der Waals surface area contributed by atoms with Gasteiger partial charge in [-0.2, -0.15) is 5.26 Å². The first-order chi connectivity index (χ1) is 22.7. The maximum atomic E-state index is 10.0. The molecule has 8 rings (SSSR count). The van der Waals surface area contributed by atoms with E-state index < -0.39 is 0 Å². The smallest absolute Gasteiger partial charge is 0.166 e. The van der Waals surface area contributed by atoms with Gasteiger partial charge in [0.15, 0.2) is 17.5 Å². The molecule has 2 aromatic heterocycles. The van der Waals surface area contributed by atoms with Crippen LogP contribution in [-0.4, -0.2) is 19.5 Å². The number of rotatable bonds is 5. The van der Waals surface area contributed by atoms with Gasteiger partial charge in [0.05, 0.1) is 28.4 Å². The number of nitrogens with zero attached hydrogens (tertiary/aromatic N) is 5. The van der Waals surface area contributed by atoms with E-state index in [2.05, 4.69) is 84.3 Å². The van der Waals surface area contributed by atoms with Gasteiger partial charge in [-0.15, -0.1) is 0 Å². The summed E-state index contributed by atoms with van der Waals surface area (Å²) < 4.78 is 2.24. The van der Waals surface area contributed by atoms with Gasteiger partial charge in [0.25, 0.3) is 0 Å². The predicted octanol–water partition coefficient (Wildman–Crippen LogP) is 9.82. The zero-order valence-corrected chi connectivity index (χ0v) is 25.1. The van der Waals surface area contributed by atoms with Gasteiger partial charge in [0.1, 0.15) is 0 Å². The highest BCUT2D eigenvalue weighted by Gasteiger charge is 2.20. The van der Waals surface area contributed by atoms with Crippen molar-refractivity contribution >= 4 is 21.8 Å². The lowest BCUT2D eigenvalue weighted by atomic mass is 10.0. The highest BCUT2D eigenvalue weighted by atomic mass is 15.1. The zero-order chi connectivity index (χ0) is 31.0. The van der Waals surface area contributed by atoms with Gasteiger partial charge in [-0.3, -0.25) is 0 Å². The summed E-state index contributed by atoms with van der Waals surface area (Å²) >= 11 is 0. The molecule has 0 radical (unpaired) electrons. The molecule has 6 aromatic carbocycles. The molecular formula is C41H27N5. The molecule has 0 fully saturated rings. The molecule has 0 unspecified atom stereocenters. The van der Waals surface area contributed by atoms with Crippen molar-refractivity contribution in [3.63, 3.8) is 0 Å². The van der Waals surface area contributed by atoms with Crippen LogP contribution in [-0.2, 0) is 0 Å². The summed E-state index contributed by atoms with van der Waals surface area (Å²) in [6.07, 6.45) is 0. The van der Waals surface area contributed by atoms with Gasteiger partial charge < -0.3 is 4.57 Å². The second kappa shape index (κ2) is 11.3. The second-order valence-electron chi connectivity index (χ2n) is 11.3. The Bertz CT molecular complexity index is 2360. The molecule has 0 saturated heterocycles. The van der Waals surface area contributed by atoms with E-state index in [9.17, 15) is 5.26 Å². The Hall–Kier alpha value is -6.38. The predicted molar refractivity (Wildman–Crippen MR) is 185 cm³/mol. The molecular weight excluding hydrogens is 562 g/mol. The SMILES string of the molecule is Cc1ccc(-c2ccc3c4ccccc4n(-c4cc(C#N)ccc4-c4nc(-c5ccccc5)nc(-c5ccccc5)n4)c3c2)cc1. The van der Waals surface area contributed by atoms with Crippen molar-refractivity contribution in [3.8, 4) is 57.0 Å². The number of nitriles is 1. The lowest BCUT2D eigenvalue weighted by Crippen LogP contribution is -2.04. The first kappa shape index (κ1) is 27.2. The molecule has 0 spiro atoms. The van der Waals surface area contributed by atoms with Crippen LogP contribution in [0.5, 0.6) is 0 Å². The molecule has 0 aliphatic carbocycles. The van der Waals surface area contributed by atoms with E-state index in [1.54, 1.807) is 0 Å². The fourth-order valence-electron chi connectivity index (χ4n) is 6.06. The topological polar surface area (TPSA) is 67.4 Å². The van der Waals surface area contributed by atoms with Crippen molar-refractivity contribution in [3.05, 3.63) is 157 Å². The number of hydrogen-bond acceptors (Lipinski definition) is 4. The quantitative estimate of drug-likeness (QED) is 0.200. The van der Waals surface area contributed by atoms with E-state index in [-0.39, 0.29) is 0 Å². The average Bonchev–Trinajstić information content (AvgIpc) is 3.46. The molecule has 0 saturated carbocycles. The summed E-state index contributed by atoms with van der Waals surface area (Å²) in [5, 5.41) is 12.3. The minimum atomic E-state index is 0.535. The lowest BCUT2D eigenvalue weighted by Gasteiger charge is -2.15. The van der Waals surface area contributed by atoms with Crippen molar-refractivity contribution in [1.29, 1.82) is 5.26 Å². The highest BCUT2D eigenvalue weighted by molar-refractivity contribution is 6.10. The van der Waals surface area contributed by atoms with Crippen molar-refractivity contribution in [2.24, 2.45) is 0 Å². The van der Waals surface area contributed by atoms with Crippen molar-refractivity contribution < 1.29 is 0 Å². The Morgan fingerprint density at radius 2 is 1.09 bits per heavy atom. The normalized spacial score (nSPS) is 11.1. The summed E-state index contributed by atoms with van der Waals surface area (Å²) in [5.41, 5.74) is 9.55. The van der Waals surface area contributed by atoms with Crippen LogP contribution in [0.4, 0.5) is 0 Å². The van der Waals surface area contributed by atoms with Crippen molar-refractivity contribution in [2.75, 3.05) is 0 Å². The van der Waals surface area contributed by atoms with Crippen LogP contribution in [0.3, 0.4) is 0 Å². The van der Waals surface area contributed by atoms with Crippen LogP contribution in [0.25, 0.3) is 72.8 Å². The summed E-state index contributed by atoms with van der Waals surface area (Å²) in [5.74, 6) is 1.71. The average molecular weight is 590 g/mol. The van der Waals surface area contributed by atoms with Crippen LogP contribution in [0.15, 0.2) is 146 Å². The van der Waals surface area contributed by atoms with Gasteiger partial charge >= 0.3 is 0 Å². The van der Waals surface area contributed by atoms with Crippen LogP contribution in [0, 0.1) is 18.3 Å². The van der Waals surface area contributed by atoms with E-state index in [4.69, 9.17) is 15.0 Å². The lowest BCUT2D eigenvalue weighted by molar-refractivity contribution is 1.06. The van der Waals surface area contributed by atoms with Gasteiger partial charge in [-0.05, 0) is 48.4 Å². The number of benzene rings is 6. The molecule has 0 bridgehead atoms. The summed E-state index contributed by atoms with van der Waals surface area (Å²) in [6, 6.07) is 51.6. The van der Waals surface area contributed by atoms with Crippen LogP contribution in [0.1, 0.15) is 11.1 Å². The van der Waals surface area contributed by atoms with E-state index >= 15 is 0 Å². The van der Waals surface area contributed by atoms with E-state index in [0.29, 0.717) is 23.0 Å². The molecule has 5 heteroatoms. The van der Waals surface area contributed by atoms with Gasteiger partial charge in [0, 0.05) is 27.5 Å². The summed E-state index contributed by atoms with van der Waals surface area (Å²) in [6.45, 7) is 2.10. The first-order valence-electron chi connectivity index (χ1n) is 15.2.